The van der Waals surface area contributed by atoms with Gasteiger partial charge in [0.2, 0.25) is 5.91 Å². The molecule has 0 unspecified atom stereocenters. The quantitative estimate of drug-likeness (QED) is 0.294. The molecule has 1 aliphatic rings. The molecule has 2 heterocycles. The lowest BCUT2D eigenvalue weighted by Crippen LogP contribution is -2.47. The van der Waals surface area contributed by atoms with E-state index in [9.17, 15) is 4.79 Å². The monoisotopic (exact) mass is 535 g/mol. The fraction of sp³-hybridized carbons (Fsp3) is 0.357. The van der Waals surface area contributed by atoms with Crippen molar-refractivity contribution in [2.24, 2.45) is 0 Å². The van der Waals surface area contributed by atoms with Crippen molar-refractivity contribution in [3.05, 3.63) is 60.9 Å². The zero-order valence-electron chi connectivity index (χ0n) is 21.6. The molecule has 2 aromatic heterocycles. The molecule has 1 saturated carbocycles. The molecule has 0 saturated heterocycles. The van der Waals surface area contributed by atoms with Gasteiger partial charge >= 0.3 is 0 Å². The molecule has 1 amide bonds. The maximum atomic E-state index is 12.5. The summed E-state index contributed by atoms with van der Waals surface area (Å²) in [5.41, 5.74) is 8.73. The Balaban J connectivity index is 0.00000336. The summed E-state index contributed by atoms with van der Waals surface area (Å²) in [5.74, 6) is 2.01. The van der Waals surface area contributed by atoms with Gasteiger partial charge in [-0.1, -0.05) is 25.1 Å². The Morgan fingerprint density at radius 2 is 1.74 bits per heavy atom. The molecule has 200 valence electrons. The van der Waals surface area contributed by atoms with Crippen LogP contribution in [0.25, 0.3) is 22.3 Å². The smallest absolute Gasteiger partial charge is 0.237 e. The van der Waals surface area contributed by atoms with Gasteiger partial charge in [-0.25, -0.2) is 14.6 Å². The Hall–Kier alpha value is -3.69. The van der Waals surface area contributed by atoms with E-state index in [1.54, 1.807) is 0 Å². The number of anilines is 1. The number of aromatic nitrogens is 4. The van der Waals surface area contributed by atoms with E-state index in [4.69, 9.17) is 15.6 Å². The number of hydrogen-bond acceptors (Lipinski definition) is 7. The number of nitrogens with zero attached hydrogens (tertiary/aromatic N) is 4. The van der Waals surface area contributed by atoms with Gasteiger partial charge in [0.25, 0.3) is 0 Å². The molecule has 0 spiro atoms. The highest BCUT2D eigenvalue weighted by Gasteiger charge is 2.28. The number of nitrogens with two attached hydrogens (primary N) is 1. The Kier molecular flexibility index (Phi) is 8.81. The summed E-state index contributed by atoms with van der Waals surface area (Å²) in [6, 6.07) is 17.7. The molecular formula is C28H34ClN7O2. The van der Waals surface area contributed by atoms with Crippen molar-refractivity contribution in [3.8, 4) is 22.8 Å². The first-order chi connectivity index (χ1) is 18.1. The van der Waals surface area contributed by atoms with Gasteiger partial charge in [-0.15, -0.1) is 12.4 Å². The average Bonchev–Trinajstić information content (AvgIpc) is 3.32. The minimum absolute atomic E-state index is 0. The highest BCUT2D eigenvalue weighted by Crippen LogP contribution is 2.36. The van der Waals surface area contributed by atoms with Crippen LogP contribution in [0.1, 0.15) is 45.1 Å². The zero-order chi connectivity index (χ0) is 25.8. The molecule has 1 aliphatic carbocycles. The van der Waals surface area contributed by atoms with Gasteiger partial charge in [0.15, 0.2) is 5.65 Å². The standard InChI is InChI=1S/C28H33N7O2.ClH/c1-3-23(30-2)28(36)33-19-11-13-20(14-12-19)35-27-24(26(29)31-17-32-27)25(34-35)18-9-15-22(16-10-18)37-21-7-5-4-6-8-21;/h4-10,15-17,19-20,23,30H,3,11-14H2,1-2H3,(H,33,36)(H2,29,31,32);1H/t19?,20?,23-;/m0./s1. The van der Waals surface area contributed by atoms with Crippen molar-refractivity contribution < 1.29 is 9.53 Å². The van der Waals surface area contributed by atoms with Crippen LogP contribution in [0.4, 0.5) is 5.82 Å². The zero-order valence-corrected chi connectivity index (χ0v) is 22.4. The number of rotatable bonds is 8. The van der Waals surface area contributed by atoms with Gasteiger partial charge in [-0.2, -0.15) is 5.10 Å². The highest BCUT2D eigenvalue weighted by molar-refractivity contribution is 5.98. The third kappa shape index (κ3) is 5.74. The Morgan fingerprint density at radius 3 is 2.39 bits per heavy atom. The first kappa shape index (κ1) is 27.3. The lowest BCUT2D eigenvalue weighted by Gasteiger charge is -2.30. The third-order valence-corrected chi connectivity index (χ3v) is 7.09. The minimum Gasteiger partial charge on any atom is -0.457 e. The van der Waals surface area contributed by atoms with E-state index in [-0.39, 0.29) is 36.4 Å². The lowest BCUT2D eigenvalue weighted by molar-refractivity contribution is -0.124. The summed E-state index contributed by atoms with van der Waals surface area (Å²) in [6.45, 7) is 2.01. The van der Waals surface area contributed by atoms with Crippen LogP contribution in [0, 0.1) is 0 Å². The van der Waals surface area contributed by atoms with Gasteiger partial charge in [-0.3, -0.25) is 4.79 Å². The highest BCUT2D eigenvalue weighted by atomic mass is 35.5. The van der Waals surface area contributed by atoms with Gasteiger partial charge in [0.05, 0.1) is 17.5 Å². The summed E-state index contributed by atoms with van der Waals surface area (Å²) in [5, 5.41) is 12.0. The van der Waals surface area contributed by atoms with Crippen molar-refractivity contribution in [1.29, 1.82) is 0 Å². The SMILES string of the molecule is CC[C@H](NC)C(=O)NC1CCC(n2nc(-c3ccc(Oc4ccccc4)cc3)c3c(N)ncnc32)CC1.Cl. The number of para-hydroxylation sites is 1. The van der Waals surface area contributed by atoms with Crippen LogP contribution < -0.4 is 21.1 Å². The van der Waals surface area contributed by atoms with Crippen molar-refractivity contribution in [2.45, 2.75) is 57.2 Å². The number of benzene rings is 2. The van der Waals surface area contributed by atoms with Gasteiger partial charge in [0, 0.05) is 11.6 Å². The lowest BCUT2D eigenvalue weighted by atomic mass is 9.91. The Bertz CT molecular complexity index is 1350. The summed E-state index contributed by atoms with van der Waals surface area (Å²) in [7, 11) is 1.82. The third-order valence-electron chi connectivity index (χ3n) is 7.09. The largest absolute Gasteiger partial charge is 0.457 e. The number of halogens is 1. The summed E-state index contributed by atoms with van der Waals surface area (Å²) < 4.78 is 7.94. The number of fused-ring (bicyclic) bond motifs is 1. The number of nitrogens with one attached hydrogen (secondary N) is 2. The fourth-order valence-electron chi connectivity index (χ4n) is 5.04. The second-order valence-electron chi connectivity index (χ2n) is 9.45. The molecule has 0 aliphatic heterocycles. The van der Waals surface area contributed by atoms with E-state index >= 15 is 0 Å². The number of carbonyl (C=O) groups excluding carboxylic acids is 1. The molecule has 0 bridgehead atoms. The number of amides is 1. The van der Waals surface area contributed by atoms with E-state index in [2.05, 4.69) is 20.6 Å². The van der Waals surface area contributed by atoms with E-state index in [0.717, 1.165) is 65.9 Å². The summed E-state index contributed by atoms with van der Waals surface area (Å²) in [6.07, 6.45) is 5.82. The van der Waals surface area contributed by atoms with Crippen LogP contribution in [0.2, 0.25) is 0 Å². The number of likely N-dealkylation sites (N-methyl/N-ethyl adjacent to an activating group) is 1. The van der Waals surface area contributed by atoms with Gasteiger partial charge in [0.1, 0.15) is 29.3 Å². The Morgan fingerprint density at radius 1 is 1.05 bits per heavy atom. The normalized spacial score (nSPS) is 17.9. The van der Waals surface area contributed by atoms with E-state index in [1.165, 1.54) is 6.33 Å². The summed E-state index contributed by atoms with van der Waals surface area (Å²) >= 11 is 0. The van der Waals surface area contributed by atoms with E-state index in [0.29, 0.717) is 5.82 Å². The van der Waals surface area contributed by atoms with Crippen LogP contribution in [-0.2, 0) is 4.79 Å². The van der Waals surface area contributed by atoms with Crippen LogP contribution in [0.3, 0.4) is 0 Å². The molecule has 1 fully saturated rings. The molecule has 5 rings (SSSR count). The van der Waals surface area contributed by atoms with E-state index < -0.39 is 0 Å². The van der Waals surface area contributed by atoms with Crippen molar-refractivity contribution in [3.63, 3.8) is 0 Å². The second kappa shape index (κ2) is 12.2. The molecule has 38 heavy (non-hydrogen) atoms. The Labute approximate surface area is 228 Å². The molecule has 2 aromatic carbocycles. The number of hydrogen-bond donors (Lipinski definition) is 3. The maximum absolute atomic E-state index is 12.5. The van der Waals surface area contributed by atoms with Crippen LogP contribution >= 0.6 is 12.4 Å². The summed E-state index contributed by atoms with van der Waals surface area (Å²) in [4.78, 5) is 21.3. The van der Waals surface area contributed by atoms with Crippen molar-refractivity contribution >= 4 is 35.2 Å². The van der Waals surface area contributed by atoms with Crippen LogP contribution in [0.5, 0.6) is 11.5 Å². The van der Waals surface area contributed by atoms with Crippen LogP contribution in [-0.4, -0.2) is 44.8 Å². The molecule has 4 N–H and O–H groups in total. The van der Waals surface area contributed by atoms with Crippen LogP contribution in [0.15, 0.2) is 60.9 Å². The van der Waals surface area contributed by atoms with Gasteiger partial charge < -0.3 is 21.1 Å². The fourth-order valence-corrected chi connectivity index (χ4v) is 5.04. The maximum Gasteiger partial charge on any atom is 0.237 e. The average molecular weight is 536 g/mol. The minimum atomic E-state index is -0.153. The van der Waals surface area contributed by atoms with Crippen molar-refractivity contribution in [2.75, 3.05) is 12.8 Å². The van der Waals surface area contributed by atoms with Crippen molar-refractivity contribution in [1.82, 2.24) is 30.4 Å². The molecule has 4 aromatic rings. The first-order valence-electron chi connectivity index (χ1n) is 12.9. The number of carbonyl (C=O) groups is 1. The predicted molar refractivity (Wildman–Crippen MR) is 152 cm³/mol. The molecule has 1 atom stereocenters. The molecular weight excluding hydrogens is 502 g/mol. The first-order valence-corrected chi connectivity index (χ1v) is 12.9. The molecule has 9 nitrogen and oxygen atoms in total. The topological polar surface area (TPSA) is 120 Å². The molecule has 0 radical (unpaired) electrons. The number of nitrogen functional groups attached to an aromatic ring is 1. The molecule has 10 heteroatoms. The number of ether oxygens (including phenoxy) is 1. The second-order valence-corrected chi connectivity index (χ2v) is 9.45. The van der Waals surface area contributed by atoms with Gasteiger partial charge in [-0.05, 0) is 75.5 Å². The predicted octanol–water partition coefficient (Wildman–Crippen LogP) is 4.89. The van der Waals surface area contributed by atoms with E-state index in [1.807, 2.05) is 73.3 Å².